The average molecular weight is 487 g/mol. The van der Waals surface area contributed by atoms with Crippen molar-refractivity contribution in [3.05, 3.63) is 79.1 Å². The molecule has 5 aromatic rings. The van der Waals surface area contributed by atoms with E-state index in [4.69, 9.17) is 4.98 Å². The zero-order valence-electron chi connectivity index (χ0n) is 20.4. The van der Waals surface area contributed by atoms with Crippen molar-refractivity contribution in [2.75, 3.05) is 18.0 Å². The fraction of sp³-hybridized carbons (Fsp3) is 0.222. The van der Waals surface area contributed by atoms with Crippen LogP contribution < -0.4 is 26.4 Å². The molecule has 178 valence electrons. The molecule has 0 bridgehead atoms. The van der Waals surface area contributed by atoms with Crippen LogP contribution in [0.2, 0.25) is 0 Å². The topological polar surface area (TPSA) is 53.5 Å². The van der Waals surface area contributed by atoms with Crippen LogP contribution in [-0.4, -0.2) is 22.6 Å². The highest BCUT2D eigenvalue weighted by molar-refractivity contribution is 5.85. The molecule has 2 aromatic heterocycles. The molecule has 0 aliphatic heterocycles. The molecule has 8 heteroatoms. The molecule has 2 heterocycles. The molecule has 0 saturated heterocycles. The monoisotopic (exact) mass is 486 g/mol. The highest BCUT2D eigenvalue weighted by Crippen LogP contribution is 2.26. The number of aromatic nitrogens is 4. The molecule has 0 saturated carbocycles. The summed E-state index contributed by atoms with van der Waals surface area (Å²) in [5, 5.41) is 9.02. The van der Waals surface area contributed by atoms with Crippen LogP contribution in [0.25, 0.3) is 27.8 Å². The maximum atomic E-state index is 4.98. The van der Waals surface area contributed by atoms with Crippen LogP contribution in [0.3, 0.4) is 0 Å². The van der Waals surface area contributed by atoms with Crippen molar-refractivity contribution in [2.24, 2.45) is 24.3 Å². The number of nitrogens with zero attached hydrogens (tertiary/aromatic N) is 7. The summed E-state index contributed by atoms with van der Waals surface area (Å²) in [5.74, 6) is 0.775. The smallest absolute Gasteiger partial charge is 0.421 e. The summed E-state index contributed by atoms with van der Waals surface area (Å²) >= 11 is 0. The highest BCUT2D eigenvalue weighted by atomic mass is 35.5. The Kier molecular flexibility index (Phi) is 7.07. The Morgan fingerprint density at radius 1 is 0.886 bits per heavy atom. The second-order valence-corrected chi connectivity index (χ2v) is 8.32. The van der Waals surface area contributed by atoms with Gasteiger partial charge in [0.05, 0.1) is 26.5 Å². The zero-order chi connectivity index (χ0) is 23.7. The molecule has 3 aromatic carbocycles. The van der Waals surface area contributed by atoms with Gasteiger partial charge in [-0.15, -0.1) is 4.57 Å². The molecule has 0 amide bonds. The van der Waals surface area contributed by atoms with E-state index < -0.39 is 0 Å². The maximum Gasteiger partial charge on any atom is 0.421 e. The van der Waals surface area contributed by atoms with Crippen molar-refractivity contribution >= 4 is 39.4 Å². The van der Waals surface area contributed by atoms with Gasteiger partial charge in [-0.1, -0.05) is 23.3 Å². The number of anilines is 1. The van der Waals surface area contributed by atoms with Gasteiger partial charge in [-0.05, 0) is 38.1 Å². The Morgan fingerprint density at radius 2 is 1.57 bits per heavy atom. The molecule has 0 N–H and O–H groups in total. The first-order chi connectivity index (χ1) is 16.6. The number of hydrogen-bond donors (Lipinski definition) is 0. The molecule has 7 nitrogen and oxygen atoms in total. The van der Waals surface area contributed by atoms with E-state index >= 15 is 0 Å². The van der Waals surface area contributed by atoms with E-state index in [0.29, 0.717) is 0 Å². The van der Waals surface area contributed by atoms with Gasteiger partial charge in [-0.2, -0.15) is 0 Å². The molecular weight excluding hydrogens is 458 g/mol. The molecule has 5 rings (SSSR count). The van der Waals surface area contributed by atoms with Crippen LogP contribution >= 0.6 is 0 Å². The van der Waals surface area contributed by atoms with E-state index in [0.717, 1.165) is 52.5 Å². The molecule has 35 heavy (non-hydrogen) atoms. The number of fused-ring (bicyclic) bond motifs is 2. The highest BCUT2D eigenvalue weighted by Gasteiger charge is 2.21. The first-order valence-corrected chi connectivity index (χ1v) is 11.6. The van der Waals surface area contributed by atoms with Crippen LogP contribution in [-0.2, 0) is 14.1 Å². The largest absolute Gasteiger partial charge is 1.00 e. The summed E-state index contributed by atoms with van der Waals surface area (Å²) in [4.78, 5) is 7.33. The van der Waals surface area contributed by atoms with E-state index in [1.807, 2.05) is 53.8 Å². The zero-order valence-corrected chi connectivity index (χ0v) is 21.2. The molecule has 0 aliphatic rings. The van der Waals surface area contributed by atoms with Crippen molar-refractivity contribution in [3.8, 4) is 5.69 Å². The van der Waals surface area contributed by atoms with Gasteiger partial charge < -0.3 is 17.3 Å². The van der Waals surface area contributed by atoms with Crippen molar-refractivity contribution in [1.82, 2.24) is 9.55 Å². The number of para-hydroxylation sites is 1. The molecule has 0 radical (unpaired) electrons. The summed E-state index contributed by atoms with van der Waals surface area (Å²) in [6, 6.07) is 23.0. The van der Waals surface area contributed by atoms with Gasteiger partial charge in [0.1, 0.15) is 16.7 Å². The third-order valence-corrected chi connectivity index (χ3v) is 6.18. The quantitative estimate of drug-likeness (QED) is 0.210. The van der Waals surface area contributed by atoms with Crippen molar-refractivity contribution < 1.29 is 21.5 Å². The van der Waals surface area contributed by atoms with E-state index in [1.54, 1.807) is 0 Å². The lowest BCUT2D eigenvalue weighted by Gasteiger charge is -2.20. The normalized spacial score (nSPS) is 11.3. The lowest BCUT2D eigenvalue weighted by Crippen LogP contribution is -3.00. The summed E-state index contributed by atoms with van der Waals surface area (Å²) in [6.45, 7) is 6.27. The summed E-state index contributed by atoms with van der Waals surface area (Å²) < 4.78 is 6.16. The SMILES string of the molecule is CCN(CC)c1ccc2nc3ccc(N=Nc4n(C)cc[n+]4C)cc3[n+](-c3ccccc3)c2c1.[Cl-]. The van der Waals surface area contributed by atoms with Gasteiger partial charge in [0.2, 0.25) is 16.7 Å². The van der Waals surface area contributed by atoms with Crippen molar-refractivity contribution in [1.29, 1.82) is 0 Å². The third-order valence-electron chi connectivity index (χ3n) is 6.18. The predicted molar refractivity (Wildman–Crippen MR) is 135 cm³/mol. The first kappa shape index (κ1) is 24.3. The van der Waals surface area contributed by atoms with Crippen LogP contribution in [0.4, 0.5) is 17.3 Å². The number of aryl methyl sites for hydroxylation is 2. The van der Waals surface area contributed by atoms with E-state index in [9.17, 15) is 0 Å². The second kappa shape index (κ2) is 10.2. The fourth-order valence-electron chi connectivity index (χ4n) is 4.36. The Labute approximate surface area is 211 Å². The molecule has 0 spiro atoms. The molecule has 0 fully saturated rings. The van der Waals surface area contributed by atoms with Gasteiger partial charge in [0, 0.05) is 48.2 Å². The minimum atomic E-state index is 0. The Balaban J connectivity index is 0.00000289. The molecule has 0 atom stereocenters. The van der Waals surface area contributed by atoms with Crippen LogP contribution in [0.15, 0.2) is 89.4 Å². The van der Waals surface area contributed by atoms with Gasteiger partial charge in [0.25, 0.3) is 0 Å². The summed E-state index contributed by atoms with van der Waals surface area (Å²) in [6.07, 6.45) is 3.92. The summed E-state index contributed by atoms with van der Waals surface area (Å²) in [5.41, 5.74) is 6.97. The Bertz CT molecular complexity index is 1490. The van der Waals surface area contributed by atoms with Gasteiger partial charge >= 0.3 is 5.95 Å². The van der Waals surface area contributed by atoms with Gasteiger partial charge in [-0.25, -0.2) is 14.1 Å². The Morgan fingerprint density at radius 3 is 2.23 bits per heavy atom. The lowest BCUT2D eigenvalue weighted by atomic mass is 10.1. The average Bonchev–Trinajstić information content (AvgIpc) is 3.19. The standard InChI is InChI=1S/C27H29N7.ClH/c1-5-33(6-2)22-13-15-24-26(19-22)34(21-10-8-7-9-11-21)25-18-20(12-14-23(25)28-24)29-30-27-31(3)16-17-32(27)4;/h7-19H,5-6H2,1-4H3;1H/q+2;/p-1. The summed E-state index contributed by atoms with van der Waals surface area (Å²) in [7, 11) is 3.92. The number of imidazole rings is 1. The first-order valence-electron chi connectivity index (χ1n) is 11.6. The molecular formula is C27H29ClN7+. The number of hydrogen-bond acceptors (Lipinski definition) is 4. The lowest BCUT2D eigenvalue weighted by molar-refractivity contribution is -0.657. The van der Waals surface area contributed by atoms with E-state index in [-0.39, 0.29) is 12.4 Å². The van der Waals surface area contributed by atoms with Crippen molar-refractivity contribution in [2.45, 2.75) is 13.8 Å². The van der Waals surface area contributed by atoms with Crippen LogP contribution in [0.5, 0.6) is 0 Å². The second-order valence-electron chi connectivity index (χ2n) is 8.32. The predicted octanol–water partition coefficient (Wildman–Crippen LogP) is 2.09. The maximum absolute atomic E-state index is 4.98. The van der Waals surface area contributed by atoms with Gasteiger partial charge in [-0.3, -0.25) is 0 Å². The Hall–Kier alpha value is -3.84. The number of azo groups is 1. The number of rotatable bonds is 6. The molecule has 0 aliphatic carbocycles. The minimum absolute atomic E-state index is 0. The van der Waals surface area contributed by atoms with Crippen LogP contribution in [0.1, 0.15) is 13.8 Å². The van der Waals surface area contributed by atoms with Crippen molar-refractivity contribution in [3.63, 3.8) is 0 Å². The van der Waals surface area contributed by atoms with Gasteiger partial charge in [0.15, 0.2) is 0 Å². The van der Waals surface area contributed by atoms with Crippen LogP contribution in [0, 0.1) is 0 Å². The van der Waals surface area contributed by atoms with E-state index in [1.165, 1.54) is 5.69 Å². The molecule has 0 unspecified atom stereocenters. The number of benzene rings is 3. The number of halogens is 1. The third kappa shape index (κ3) is 4.59. The minimum Gasteiger partial charge on any atom is -1.00 e. The fourth-order valence-corrected chi connectivity index (χ4v) is 4.36. The van der Waals surface area contributed by atoms with E-state index in [2.05, 4.69) is 82.1 Å².